The van der Waals surface area contributed by atoms with Gasteiger partial charge in [0.1, 0.15) is 5.82 Å². The molecule has 0 unspecified atom stereocenters. The predicted molar refractivity (Wildman–Crippen MR) is 85.4 cm³/mol. The Morgan fingerprint density at radius 3 is 2.48 bits per heavy atom. The van der Waals surface area contributed by atoms with Crippen LogP contribution in [0.15, 0.2) is 53.6 Å². The van der Waals surface area contributed by atoms with Crippen molar-refractivity contribution in [1.82, 2.24) is 4.98 Å². The molecule has 1 aromatic heterocycles. The maximum atomic E-state index is 12.3. The smallest absolute Gasteiger partial charge is 0.263 e. The molecule has 7 heteroatoms. The van der Waals surface area contributed by atoms with Gasteiger partial charge in [-0.2, -0.15) is 0 Å². The van der Waals surface area contributed by atoms with Crippen LogP contribution < -0.4 is 4.72 Å². The van der Waals surface area contributed by atoms with Crippen molar-refractivity contribution in [2.45, 2.75) is 29.4 Å². The third kappa shape index (κ3) is 3.36. The molecule has 0 aliphatic heterocycles. The molecule has 0 saturated heterocycles. The van der Waals surface area contributed by atoms with Crippen LogP contribution in [0.3, 0.4) is 0 Å². The molecular formula is C16H18N2O4S. The molecule has 1 saturated carbocycles. The van der Waals surface area contributed by atoms with E-state index in [1.54, 1.807) is 42.5 Å². The quantitative estimate of drug-likeness (QED) is 0.818. The van der Waals surface area contributed by atoms with Gasteiger partial charge < -0.3 is 9.84 Å². The van der Waals surface area contributed by atoms with Crippen molar-refractivity contribution in [2.24, 2.45) is 0 Å². The molecule has 23 heavy (non-hydrogen) atoms. The van der Waals surface area contributed by atoms with Gasteiger partial charge in [-0.05, 0) is 35.7 Å². The molecule has 1 aromatic carbocycles. The summed E-state index contributed by atoms with van der Waals surface area (Å²) in [5, 5.41) is 9.86. The highest BCUT2D eigenvalue weighted by molar-refractivity contribution is 7.92. The van der Waals surface area contributed by atoms with Crippen LogP contribution in [-0.4, -0.2) is 31.4 Å². The molecule has 0 radical (unpaired) electrons. The lowest BCUT2D eigenvalue weighted by atomic mass is 9.75. The van der Waals surface area contributed by atoms with Crippen LogP contribution in [0.25, 0.3) is 0 Å². The minimum atomic E-state index is -3.66. The average molecular weight is 334 g/mol. The number of hydrogen-bond donors (Lipinski definition) is 2. The largest absolute Gasteiger partial charge is 0.365 e. The first-order chi connectivity index (χ1) is 10.9. The molecule has 0 amide bonds. The third-order valence-electron chi connectivity index (χ3n) is 4.08. The number of nitrogens with one attached hydrogen (secondary N) is 1. The Morgan fingerprint density at radius 2 is 1.91 bits per heavy atom. The van der Waals surface area contributed by atoms with Gasteiger partial charge in [0.15, 0.2) is 5.79 Å². The minimum absolute atomic E-state index is 0.174. The van der Waals surface area contributed by atoms with Gasteiger partial charge >= 0.3 is 0 Å². The lowest BCUT2D eigenvalue weighted by molar-refractivity contribution is -0.239. The highest BCUT2D eigenvalue weighted by atomic mass is 32.2. The fourth-order valence-corrected chi connectivity index (χ4v) is 3.66. The molecule has 6 nitrogen and oxygen atoms in total. The van der Waals surface area contributed by atoms with E-state index in [0.29, 0.717) is 12.8 Å². The Hall–Kier alpha value is -1.96. The number of sulfonamides is 1. The van der Waals surface area contributed by atoms with Crippen LogP contribution in [0.2, 0.25) is 0 Å². The molecule has 1 fully saturated rings. The Kier molecular flexibility index (Phi) is 4.09. The number of pyridine rings is 1. The number of nitrogens with zero attached hydrogens (tertiary/aromatic N) is 1. The standard InChI is InChI=1S/C16H18N2O4S/c1-22-16(19)10-13(11-16)12-5-7-14(8-6-12)23(20,21)18-15-4-2-3-9-17-15/h2-9,13,19H,10-11H2,1H3,(H,17,18). The lowest BCUT2D eigenvalue weighted by Crippen LogP contribution is -2.44. The van der Waals surface area contributed by atoms with Crippen LogP contribution in [0.5, 0.6) is 0 Å². The van der Waals surface area contributed by atoms with E-state index in [1.165, 1.54) is 13.3 Å². The van der Waals surface area contributed by atoms with Crippen molar-refractivity contribution in [3.8, 4) is 0 Å². The summed E-state index contributed by atoms with van der Waals surface area (Å²) >= 11 is 0. The van der Waals surface area contributed by atoms with E-state index < -0.39 is 15.8 Å². The predicted octanol–water partition coefficient (Wildman–Crippen LogP) is 2.09. The fraction of sp³-hybridized carbons (Fsp3) is 0.312. The van der Waals surface area contributed by atoms with E-state index in [1.807, 2.05) is 0 Å². The zero-order valence-corrected chi connectivity index (χ0v) is 13.5. The van der Waals surface area contributed by atoms with Crippen molar-refractivity contribution >= 4 is 15.8 Å². The number of hydrogen-bond acceptors (Lipinski definition) is 5. The molecule has 1 aliphatic rings. The highest BCUT2D eigenvalue weighted by Crippen LogP contribution is 2.45. The second-order valence-corrected chi connectivity index (χ2v) is 7.33. The summed E-state index contributed by atoms with van der Waals surface area (Å²) in [5.41, 5.74) is 0.989. The first-order valence-corrected chi connectivity index (χ1v) is 8.71. The summed E-state index contributed by atoms with van der Waals surface area (Å²) in [5.74, 6) is -0.586. The number of methoxy groups -OCH3 is 1. The van der Waals surface area contributed by atoms with Gasteiger partial charge in [0, 0.05) is 26.1 Å². The minimum Gasteiger partial charge on any atom is -0.365 e. The van der Waals surface area contributed by atoms with E-state index in [4.69, 9.17) is 4.74 Å². The Balaban J connectivity index is 1.72. The van der Waals surface area contributed by atoms with Gasteiger partial charge in [-0.3, -0.25) is 4.72 Å². The summed E-state index contributed by atoms with van der Waals surface area (Å²) < 4.78 is 32.1. The van der Waals surface area contributed by atoms with Gasteiger partial charge in [-0.15, -0.1) is 0 Å². The first-order valence-electron chi connectivity index (χ1n) is 7.23. The fourth-order valence-electron chi connectivity index (χ4n) is 2.65. The van der Waals surface area contributed by atoms with Crippen molar-refractivity contribution in [2.75, 3.05) is 11.8 Å². The van der Waals surface area contributed by atoms with Crippen LogP contribution in [0.4, 0.5) is 5.82 Å². The first kappa shape index (κ1) is 15.9. The van der Waals surface area contributed by atoms with E-state index in [0.717, 1.165) is 5.56 Å². The topological polar surface area (TPSA) is 88.5 Å². The molecule has 3 rings (SSSR count). The molecular weight excluding hydrogens is 316 g/mol. The normalized spacial score (nSPS) is 24.0. The van der Waals surface area contributed by atoms with Crippen molar-refractivity contribution in [1.29, 1.82) is 0 Å². The summed E-state index contributed by atoms with van der Waals surface area (Å²) in [4.78, 5) is 4.13. The maximum Gasteiger partial charge on any atom is 0.263 e. The third-order valence-corrected chi connectivity index (χ3v) is 5.45. The molecule has 122 valence electrons. The van der Waals surface area contributed by atoms with Crippen LogP contribution in [0.1, 0.15) is 24.3 Å². The molecule has 0 atom stereocenters. The van der Waals surface area contributed by atoms with Gasteiger partial charge in [0.05, 0.1) is 4.90 Å². The van der Waals surface area contributed by atoms with Gasteiger partial charge in [0.2, 0.25) is 0 Å². The second kappa shape index (κ2) is 5.92. The lowest BCUT2D eigenvalue weighted by Gasteiger charge is -2.42. The van der Waals surface area contributed by atoms with Crippen molar-refractivity contribution in [3.05, 3.63) is 54.2 Å². The van der Waals surface area contributed by atoms with Gasteiger partial charge in [0.25, 0.3) is 10.0 Å². The van der Waals surface area contributed by atoms with Gasteiger partial charge in [-0.25, -0.2) is 13.4 Å². The number of ether oxygens (including phenoxy) is 1. The van der Waals surface area contributed by atoms with E-state index in [2.05, 4.69) is 9.71 Å². The van der Waals surface area contributed by atoms with Crippen LogP contribution >= 0.6 is 0 Å². The highest BCUT2D eigenvalue weighted by Gasteiger charge is 2.43. The van der Waals surface area contributed by atoms with Gasteiger partial charge in [-0.1, -0.05) is 18.2 Å². The van der Waals surface area contributed by atoms with Crippen LogP contribution in [-0.2, 0) is 14.8 Å². The number of benzene rings is 1. The summed E-state index contributed by atoms with van der Waals surface area (Å²) in [7, 11) is -2.18. The zero-order chi connectivity index (χ0) is 16.5. The Morgan fingerprint density at radius 1 is 1.22 bits per heavy atom. The molecule has 1 heterocycles. The summed E-state index contributed by atoms with van der Waals surface area (Å²) in [6.07, 6.45) is 2.55. The van der Waals surface area contributed by atoms with Crippen LogP contribution in [0, 0.1) is 0 Å². The second-order valence-electron chi connectivity index (χ2n) is 5.64. The Bertz CT molecular complexity index is 769. The van der Waals surface area contributed by atoms with Crippen molar-refractivity contribution in [3.63, 3.8) is 0 Å². The average Bonchev–Trinajstić information content (AvgIpc) is 2.52. The molecule has 2 N–H and O–H groups in total. The zero-order valence-electron chi connectivity index (χ0n) is 12.6. The van der Waals surface area contributed by atoms with E-state index >= 15 is 0 Å². The number of rotatable bonds is 5. The molecule has 0 bridgehead atoms. The molecule has 2 aromatic rings. The SMILES string of the molecule is COC1(O)CC(c2ccc(S(=O)(=O)Nc3ccccn3)cc2)C1. The monoisotopic (exact) mass is 334 g/mol. The maximum absolute atomic E-state index is 12.3. The summed E-state index contributed by atoms with van der Waals surface area (Å²) in [6.45, 7) is 0. The number of aromatic nitrogens is 1. The number of anilines is 1. The molecule has 0 spiro atoms. The van der Waals surface area contributed by atoms with E-state index in [9.17, 15) is 13.5 Å². The molecule has 1 aliphatic carbocycles. The van der Waals surface area contributed by atoms with E-state index in [-0.39, 0.29) is 16.6 Å². The Labute approximate surface area is 135 Å². The summed E-state index contributed by atoms with van der Waals surface area (Å²) in [6, 6.07) is 11.7. The van der Waals surface area contributed by atoms with Crippen molar-refractivity contribution < 1.29 is 18.3 Å². The number of aliphatic hydroxyl groups is 1.